The number of carbonyl (C=O) groups is 12. The van der Waals surface area contributed by atoms with Crippen LogP contribution in [0.3, 0.4) is 0 Å². The second kappa shape index (κ2) is 40.2. The number of aromatic hydroxyl groups is 4. The zero-order chi connectivity index (χ0) is 72.8. The van der Waals surface area contributed by atoms with E-state index >= 15 is 0 Å². The van der Waals surface area contributed by atoms with Gasteiger partial charge in [-0.05, 0) is 134 Å². The maximum atomic E-state index is 14.7. The lowest BCUT2D eigenvalue weighted by atomic mass is 9.97. The van der Waals surface area contributed by atoms with Crippen LogP contribution in [0.4, 0.5) is 0 Å². The largest absolute Gasteiger partial charge is 0.508 e. The summed E-state index contributed by atoms with van der Waals surface area (Å²) in [4.78, 5) is 164. The van der Waals surface area contributed by atoms with Gasteiger partial charge in [-0.1, -0.05) is 82.6 Å². The molecule has 4 aromatic rings. The predicted molar refractivity (Wildman–Crippen MR) is 353 cm³/mol. The number of unbranched alkanes of at least 4 members (excludes halogenated alkanes) is 1. The van der Waals surface area contributed by atoms with Crippen LogP contribution in [0.15, 0.2) is 97.1 Å². The highest BCUT2D eigenvalue weighted by atomic mass is 16.4. The number of aliphatic hydroxyl groups excluding tert-OH is 1. The summed E-state index contributed by atoms with van der Waals surface area (Å²) in [5, 5.41) is 102. The van der Waals surface area contributed by atoms with Crippen LogP contribution in [0.2, 0.25) is 0 Å². The standard InChI is InChI=1S/C67H91N11O20/c1-5-37(4)57(67(97)98)78-65(95)53(34-41-15-23-45(83)24-16-41)75-59(89)47(8-6-7-29-68)70-63(93)52(33-40-13-21-44(82)22-14-40)76-62(92)50(30-36(2)3)74-61(91)49(26-28-56(86)87)71-60(90)48(25-27-55(84)85)72-66(96)54(35-79)77-64(94)51(32-39-11-19-43(81)20-12-39)73-58(88)46(69)31-38-9-17-42(80)18-10-38/h9-24,36-37,46-54,57,79-83H,5-8,25-35,68-69H2,1-4H3,(H,70,93)(H,71,90)(H,72,96)(H,73,88)(H,74,91)(H,75,89)(H,76,92)(H,77,94)(H,78,95)(H,84,85)(H,86,87)(H,97,98)/t37-,46-,47-,48-,49-,50-,51-,52-,53-,54-,57-/m0/s1. The molecule has 31 heteroatoms. The number of nitrogens with one attached hydrogen (secondary N) is 9. The number of nitrogens with two attached hydrogens (primary N) is 2. The number of phenolic OH excluding ortho intramolecular Hbond substituents is 4. The number of carboxylic acids is 3. The summed E-state index contributed by atoms with van der Waals surface area (Å²) in [6.07, 6.45) is -3.03. The summed E-state index contributed by atoms with van der Waals surface area (Å²) in [5.41, 5.74) is 13.8. The molecule has 0 aromatic heterocycles. The second-order valence-corrected chi connectivity index (χ2v) is 24.2. The molecular formula is C67H91N11O20. The van der Waals surface area contributed by atoms with E-state index < -0.39 is 176 Å². The number of aliphatic hydroxyl groups is 1. The quantitative estimate of drug-likeness (QED) is 0.0249. The molecule has 98 heavy (non-hydrogen) atoms. The Bertz CT molecular complexity index is 3340. The molecular weight excluding hydrogens is 1280 g/mol. The molecule has 4 aromatic carbocycles. The van der Waals surface area contributed by atoms with E-state index in [0.29, 0.717) is 35.1 Å². The number of amides is 9. The van der Waals surface area contributed by atoms with Crippen molar-refractivity contribution >= 4 is 71.1 Å². The minimum Gasteiger partial charge on any atom is -0.508 e. The van der Waals surface area contributed by atoms with E-state index in [1.807, 2.05) is 0 Å². The number of phenols is 4. The molecule has 0 bridgehead atoms. The maximum absolute atomic E-state index is 14.7. The molecule has 0 saturated carbocycles. The molecule has 534 valence electrons. The molecule has 0 aliphatic heterocycles. The lowest BCUT2D eigenvalue weighted by Gasteiger charge is -2.29. The highest BCUT2D eigenvalue weighted by molar-refractivity contribution is 5.99. The van der Waals surface area contributed by atoms with E-state index in [4.69, 9.17) is 11.5 Å². The number of hydrogen-bond donors (Lipinski definition) is 19. The molecule has 11 atom stereocenters. The summed E-state index contributed by atoms with van der Waals surface area (Å²) in [6.45, 7) is 5.72. The third-order valence-corrected chi connectivity index (χ3v) is 15.8. The van der Waals surface area contributed by atoms with Crippen molar-refractivity contribution in [2.75, 3.05) is 13.2 Å². The second-order valence-electron chi connectivity index (χ2n) is 24.2. The lowest BCUT2D eigenvalue weighted by Crippen LogP contribution is -2.61. The third-order valence-electron chi connectivity index (χ3n) is 15.8. The van der Waals surface area contributed by atoms with Crippen molar-refractivity contribution in [3.8, 4) is 23.0 Å². The fraction of sp³-hybridized carbons (Fsp3) is 0.463. The Morgan fingerprint density at radius 2 is 0.684 bits per heavy atom. The molecule has 0 aliphatic rings. The Balaban J connectivity index is 1.63. The van der Waals surface area contributed by atoms with Gasteiger partial charge in [-0.15, -0.1) is 0 Å². The first-order valence-corrected chi connectivity index (χ1v) is 32.0. The highest BCUT2D eigenvalue weighted by Crippen LogP contribution is 2.19. The van der Waals surface area contributed by atoms with E-state index in [2.05, 4.69) is 47.9 Å². The highest BCUT2D eigenvalue weighted by Gasteiger charge is 2.37. The van der Waals surface area contributed by atoms with Gasteiger partial charge < -0.3 is 100 Å². The van der Waals surface area contributed by atoms with E-state index in [1.54, 1.807) is 27.7 Å². The molecule has 21 N–H and O–H groups in total. The average molecular weight is 1370 g/mol. The first-order valence-electron chi connectivity index (χ1n) is 32.0. The molecule has 0 heterocycles. The Hall–Kier alpha value is -10.4. The van der Waals surface area contributed by atoms with Gasteiger partial charge in [0.25, 0.3) is 0 Å². The number of carbonyl (C=O) groups excluding carboxylic acids is 9. The van der Waals surface area contributed by atoms with Gasteiger partial charge in [0.2, 0.25) is 53.2 Å². The minimum absolute atomic E-state index is 0.0397. The molecule has 0 radical (unpaired) electrons. The SMILES string of the molecule is CC[C@H](C)[C@H](NC(=O)[C@H](Cc1ccc(O)cc1)NC(=O)[C@H](CCCCN)NC(=O)[C@H](Cc1ccc(O)cc1)NC(=O)[C@H](CC(C)C)NC(=O)[C@H](CCC(=O)O)NC(=O)[C@H](CCC(=O)O)NC(=O)[C@H](CO)NC(=O)[C@H](Cc1ccc(O)cc1)NC(=O)[C@@H](N)Cc1ccc(O)cc1)C(=O)O. The zero-order valence-corrected chi connectivity index (χ0v) is 54.9. The van der Waals surface area contributed by atoms with Gasteiger partial charge in [-0.25, -0.2) is 4.79 Å². The van der Waals surface area contributed by atoms with Gasteiger partial charge in [0, 0.05) is 32.1 Å². The van der Waals surface area contributed by atoms with Gasteiger partial charge in [0.15, 0.2) is 0 Å². The van der Waals surface area contributed by atoms with E-state index in [-0.39, 0.29) is 74.5 Å². The Morgan fingerprint density at radius 1 is 0.388 bits per heavy atom. The van der Waals surface area contributed by atoms with Crippen molar-refractivity contribution in [1.82, 2.24) is 47.9 Å². The van der Waals surface area contributed by atoms with Crippen LogP contribution in [-0.4, -0.2) is 185 Å². The number of rotatable bonds is 42. The summed E-state index contributed by atoms with van der Waals surface area (Å²) in [5.74, 6) is -15.0. The number of hydrogen-bond acceptors (Lipinski definition) is 19. The molecule has 0 unspecified atom stereocenters. The van der Waals surface area contributed by atoms with Crippen molar-refractivity contribution in [3.05, 3.63) is 119 Å². The van der Waals surface area contributed by atoms with Gasteiger partial charge in [-0.2, -0.15) is 0 Å². The Labute approximate surface area is 565 Å². The normalized spacial score (nSPS) is 14.5. The van der Waals surface area contributed by atoms with Crippen molar-refractivity contribution in [2.45, 2.75) is 172 Å². The maximum Gasteiger partial charge on any atom is 0.326 e. The number of aliphatic carboxylic acids is 3. The van der Waals surface area contributed by atoms with Gasteiger partial charge in [0.05, 0.1) is 12.6 Å². The fourth-order valence-electron chi connectivity index (χ4n) is 10.1. The fourth-order valence-corrected chi connectivity index (χ4v) is 10.1. The Morgan fingerprint density at radius 3 is 1.02 bits per heavy atom. The van der Waals surface area contributed by atoms with Crippen molar-refractivity contribution < 1.29 is 98.4 Å². The summed E-state index contributed by atoms with van der Waals surface area (Å²) >= 11 is 0. The third kappa shape index (κ3) is 27.7. The molecule has 0 aliphatic carbocycles. The number of carboxylic acid groups (broad SMARTS) is 3. The van der Waals surface area contributed by atoms with Crippen LogP contribution in [0.1, 0.15) is 108 Å². The molecule has 4 rings (SSSR count). The summed E-state index contributed by atoms with van der Waals surface area (Å²) < 4.78 is 0. The monoisotopic (exact) mass is 1370 g/mol. The van der Waals surface area contributed by atoms with E-state index in [1.165, 1.54) is 97.1 Å². The first kappa shape index (κ1) is 80.0. The first-order chi connectivity index (χ1) is 46.4. The minimum atomic E-state index is -1.91. The molecule has 9 amide bonds. The summed E-state index contributed by atoms with van der Waals surface area (Å²) in [7, 11) is 0. The lowest BCUT2D eigenvalue weighted by molar-refractivity contribution is -0.144. The van der Waals surface area contributed by atoms with E-state index in [0.717, 1.165) is 0 Å². The molecule has 0 spiro atoms. The topological polar surface area (TPSA) is 527 Å². The number of benzene rings is 4. The van der Waals surface area contributed by atoms with Crippen molar-refractivity contribution in [3.63, 3.8) is 0 Å². The van der Waals surface area contributed by atoms with Gasteiger partial charge in [0.1, 0.15) is 77.4 Å². The van der Waals surface area contributed by atoms with Crippen molar-refractivity contribution in [1.29, 1.82) is 0 Å². The van der Waals surface area contributed by atoms with Gasteiger partial charge in [-0.3, -0.25) is 52.7 Å². The van der Waals surface area contributed by atoms with Crippen LogP contribution >= 0.6 is 0 Å². The van der Waals surface area contributed by atoms with Crippen LogP contribution in [-0.2, 0) is 83.2 Å². The average Bonchev–Trinajstić information content (AvgIpc) is 0.876. The summed E-state index contributed by atoms with van der Waals surface area (Å²) in [6, 6.07) is 6.66. The van der Waals surface area contributed by atoms with Crippen LogP contribution in [0.25, 0.3) is 0 Å². The van der Waals surface area contributed by atoms with Gasteiger partial charge >= 0.3 is 17.9 Å². The predicted octanol–water partition coefficient (Wildman–Crippen LogP) is -0.502. The van der Waals surface area contributed by atoms with Crippen LogP contribution in [0, 0.1) is 11.8 Å². The Kier molecular flexibility index (Phi) is 32.9. The molecule has 0 saturated heterocycles. The van der Waals surface area contributed by atoms with Crippen LogP contribution < -0.4 is 59.3 Å². The smallest absolute Gasteiger partial charge is 0.326 e. The van der Waals surface area contributed by atoms with Crippen LogP contribution in [0.5, 0.6) is 23.0 Å². The molecule has 0 fully saturated rings. The van der Waals surface area contributed by atoms with Crippen molar-refractivity contribution in [2.24, 2.45) is 23.3 Å². The zero-order valence-electron chi connectivity index (χ0n) is 54.9. The van der Waals surface area contributed by atoms with E-state index in [9.17, 15) is 98.4 Å². The molecule has 31 nitrogen and oxygen atoms in total.